The van der Waals surface area contributed by atoms with Gasteiger partial charge in [0.25, 0.3) is 0 Å². The molecule has 0 spiro atoms. The number of carbonyl (C=O) groups is 1. The maximum atomic E-state index is 12.1. The van der Waals surface area contributed by atoms with Gasteiger partial charge in [0.1, 0.15) is 11.5 Å². The number of hydrogen-bond donors (Lipinski definition) is 1. The Balaban J connectivity index is 2.80. The van der Waals surface area contributed by atoms with Crippen molar-refractivity contribution < 1.29 is 14.6 Å². The third-order valence-corrected chi connectivity index (χ3v) is 4.83. The van der Waals surface area contributed by atoms with Crippen molar-refractivity contribution in [3.05, 3.63) is 59.2 Å². The number of rotatable bonds is 6. The molecule has 0 aliphatic carbocycles. The van der Waals surface area contributed by atoms with Gasteiger partial charge in [-0.1, -0.05) is 52.8 Å². The summed E-state index contributed by atoms with van der Waals surface area (Å²) in [6.07, 6.45) is 4.02. The molecule has 0 fully saturated rings. The number of aromatic hydroxyl groups is 1. The van der Waals surface area contributed by atoms with Crippen molar-refractivity contribution >= 4 is 5.97 Å². The maximum Gasteiger partial charge on any atom is 0.335 e. The molecule has 0 bridgehead atoms. The molecule has 0 saturated carbocycles. The highest BCUT2D eigenvalue weighted by atomic mass is 16.5. The van der Waals surface area contributed by atoms with E-state index in [-0.39, 0.29) is 11.2 Å². The zero-order valence-electron chi connectivity index (χ0n) is 18.0. The number of ether oxygens (including phenoxy) is 1. The van der Waals surface area contributed by atoms with E-state index in [1.165, 1.54) is 6.08 Å². The van der Waals surface area contributed by atoms with E-state index >= 15 is 0 Å². The molecule has 0 amide bonds. The van der Waals surface area contributed by atoms with Gasteiger partial charge in [0.05, 0.1) is 0 Å². The first-order valence-electron chi connectivity index (χ1n) is 9.90. The largest absolute Gasteiger partial charge is 0.507 e. The minimum Gasteiger partial charge on any atom is -0.507 e. The number of phenols is 1. The Hall–Kier alpha value is -2.55. The van der Waals surface area contributed by atoms with Gasteiger partial charge in [-0.05, 0) is 60.9 Å². The van der Waals surface area contributed by atoms with Gasteiger partial charge in [0, 0.05) is 22.8 Å². The fraction of sp³-hybridized carbons (Fsp3) is 0.400. The number of unbranched alkanes of at least 4 members (excludes halogenated alkanes) is 1. The van der Waals surface area contributed by atoms with Crippen LogP contribution in [0.2, 0.25) is 0 Å². The van der Waals surface area contributed by atoms with Gasteiger partial charge in [-0.25, -0.2) is 4.79 Å². The molecule has 0 radical (unpaired) electrons. The molecule has 2 aromatic rings. The lowest BCUT2D eigenvalue weighted by Gasteiger charge is -2.24. The van der Waals surface area contributed by atoms with Crippen molar-refractivity contribution in [2.24, 2.45) is 0 Å². The van der Waals surface area contributed by atoms with Crippen molar-refractivity contribution in [1.29, 1.82) is 0 Å². The molecule has 0 unspecified atom stereocenters. The van der Waals surface area contributed by atoms with Crippen LogP contribution in [0.1, 0.15) is 62.8 Å². The summed E-state index contributed by atoms with van der Waals surface area (Å²) in [4.78, 5) is 12.1. The van der Waals surface area contributed by atoms with Crippen LogP contribution in [0, 0.1) is 13.8 Å². The molecule has 1 N–H and O–H groups in total. The molecule has 0 atom stereocenters. The number of esters is 1. The van der Waals surface area contributed by atoms with E-state index in [1.807, 2.05) is 32.0 Å². The fourth-order valence-electron chi connectivity index (χ4n) is 3.42. The molecule has 2 rings (SSSR count). The van der Waals surface area contributed by atoms with Gasteiger partial charge in [-0.15, -0.1) is 0 Å². The molecule has 3 nitrogen and oxygen atoms in total. The van der Waals surface area contributed by atoms with E-state index < -0.39 is 5.97 Å². The number of hydrogen-bond acceptors (Lipinski definition) is 3. The van der Waals surface area contributed by atoms with Gasteiger partial charge in [0.2, 0.25) is 0 Å². The number of aryl methyl sites for hydroxylation is 3. The first kappa shape index (κ1) is 21.7. The standard InChI is InChI=1S/C25H32O3/c1-8-10-11-18-12-16(3)14-20(24(18)28-22(26)9-2)19-13-17(4)15-21(23(19)27)25(5,6)7/h9,12-15,27H,2,8,10-11H2,1,3-7H3. The van der Waals surface area contributed by atoms with Crippen LogP contribution >= 0.6 is 0 Å². The monoisotopic (exact) mass is 380 g/mol. The maximum absolute atomic E-state index is 12.1. The Kier molecular flexibility index (Phi) is 6.71. The summed E-state index contributed by atoms with van der Waals surface area (Å²) in [5, 5.41) is 11.1. The lowest BCUT2D eigenvalue weighted by Crippen LogP contribution is -2.12. The van der Waals surface area contributed by atoms with Gasteiger partial charge in [0.15, 0.2) is 0 Å². The Labute approximate surface area is 169 Å². The summed E-state index contributed by atoms with van der Waals surface area (Å²) in [6, 6.07) is 8.00. The van der Waals surface area contributed by atoms with Gasteiger partial charge < -0.3 is 9.84 Å². The van der Waals surface area contributed by atoms with Crippen LogP contribution in [0.5, 0.6) is 11.5 Å². The van der Waals surface area contributed by atoms with Crippen LogP contribution in [0.15, 0.2) is 36.9 Å². The molecular weight excluding hydrogens is 348 g/mol. The van der Waals surface area contributed by atoms with E-state index in [0.29, 0.717) is 11.3 Å². The Bertz CT molecular complexity index is 886. The highest BCUT2D eigenvalue weighted by molar-refractivity contribution is 5.87. The molecule has 0 heterocycles. The number of benzene rings is 2. The highest BCUT2D eigenvalue weighted by Gasteiger charge is 2.24. The van der Waals surface area contributed by atoms with Crippen LogP contribution in [-0.4, -0.2) is 11.1 Å². The predicted octanol–water partition coefficient (Wildman–Crippen LogP) is 6.41. The molecule has 3 heteroatoms. The Morgan fingerprint density at radius 3 is 2.29 bits per heavy atom. The van der Waals surface area contributed by atoms with E-state index in [4.69, 9.17) is 4.74 Å². The smallest absolute Gasteiger partial charge is 0.335 e. The van der Waals surface area contributed by atoms with Gasteiger partial charge in [-0.3, -0.25) is 0 Å². The third-order valence-electron chi connectivity index (χ3n) is 4.83. The Morgan fingerprint density at radius 2 is 1.71 bits per heavy atom. The second kappa shape index (κ2) is 8.64. The average molecular weight is 381 g/mol. The zero-order valence-corrected chi connectivity index (χ0v) is 18.0. The first-order chi connectivity index (χ1) is 13.1. The van der Waals surface area contributed by atoms with Crippen molar-refractivity contribution in [3.63, 3.8) is 0 Å². The summed E-state index contributed by atoms with van der Waals surface area (Å²) in [5.41, 5.74) is 5.20. The zero-order chi connectivity index (χ0) is 21.1. The number of phenolic OH excluding ortho intramolecular Hbond substituents is 1. The topological polar surface area (TPSA) is 46.5 Å². The molecule has 0 aliphatic heterocycles. The summed E-state index contributed by atoms with van der Waals surface area (Å²) in [6.45, 7) is 15.9. The fourth-order valence-corrected chi connectivity index (χ4v) is 3.42. The lowest BCUT2D eigenvalue weighted by molar-refractivity contribution is -0.128. The van der Waals surface area contributed by atoms with Crippen LogP contribution in [0.3, 0.4) is 0 Å². The second-order valence-corrected chi connectivity index (χ2v) is 8.49. The normalized spacial score (nSPS) is 11.4. The number of carbonyl (C=O) groups excluding carboxylic acids is 1. The third kappa shape index (κ3) is 4.83. The highest BCUT2D eigenvalue weighted by Crippen LogP contribution is 2.44. The first-order valence-corrected chi connectivity index (χ1v) is 9.90. The van der Waals surface area contributed by atoms with E-state index in [0.717, 1.165) is 47.1 Å². The van der Waals surface area contributed by atoms with Crippen molar-refractivity contribution in [3.8, 4) is 22.6 Å². The molecule has 28 heavy (non-hydrogen) atoms. The van der Waals surface area contributed by atoms with E-state index in [2.05, 4.69) is 40.3 Å². The quantitative estimate of drug-likeness (QED) is 0.358. The molecule has 0 aromatic heterocycles. The predicted molar refractivity (Wildman–Crippen MR) is 116 cm³/mol. The summed E-state index contributed by atoms with van der Waals surface area (Å²) >= 11 is 0. The lowest BCUT2D eigenvalue weighted by atomic mass is 9.82. The summed E-state index contributed by atoms with van der Waals surface area (Å²) in [7, 11) is 0. The van der Waals surface area contributed by atoms with Crippen LogP contribution < -0.4 is 4.74 Å². The van der Waals surface area contributed by atoms with Crippen molar-refractivity contribution in [1.82, 2.24) is 0 Å². The van der Waals surface area contributed by atoms with E-state index in [9.17, 15) is 9.90 Å². The minimum atomic E-state index is -0.494. The van der Waals surface area contributed by atoms with Crippen LogP contribution in [0.4, 0.5) is 0 Å². The molecule has 2 aromatic carbocycles. The summed E-state index contributed by atoms with van der Waals surface area (Å²) in [5.74, 6) is 0.261. The average Bonchev–Trinajstić information content (AvgIpc) is 2.62. The minimum absolute atomic E-state index is 0.211. The van der Waals surface area contributed by atoms with Gasteiger partial charge >= 0.3 is 5.97 Å². The van der Waals surface area contributed by atoms with Gasteiger partial charge in [-0.2, -0.15) is 0 Å². The van der Waals surface area contributed by atoms with Crippen LogP contribution in [-0.2, 0) is 16.6 Å². The second-order valence-electron chi connectivity index (χ2n) is 8.49. The van der Waals surface area contributed by atoms with Crippen molar-refractivity contribution in [2.45, 2.75) is 66.2 Å². The molecule has 150 valence electrons. The Morgan fingerprint density at radius 1 is 1.11 bits per heavy atom. The SMILES string of the molecule is C=CC(=O)Oc1c(CCCC)cc(C)cc1-c1cc(C)cc(C(C)(C)C)c1O. The van der Waals surface area contributed by atoms with Crippen molar-refractivity contribution in [2.75, 3.05) is 0 Å². The summed E-state index contributed by atoms with van der Waals surface area (Å²) < 4.78 is 5.68. The van der Waals surface area contributed by atoms with E-state index in [1.54, 1.807) is 0 Å². The van der Waals surface area contributed by atoms with Crippen LogP contribution in [0.25, 0.3) is 11.1 Å². The molecular formula is C25H32O3. The molecule has 0 saturated heterocycles. The molecule has 0 aliphatic rings.